The van der Waals surface area contributed by atoms with E-state index in [1.54, 1.807) is 0 Å². The molecule has 0 spiro atoms. The van der Waals surface area contributed by atoms with Gasteiger partial charge in [0, 0.05) is 32.7 Å². The van der Waals surface area contributed by atoms with Gasteiger partial charge in [-0.1, -0.05) is 48.5 Å². The third-order valence-electron chi connectivity index (χ3n) is 4.58. The van der Waals surface area contributed by atoms with Crippen LogP contribution in [-0.2, 0) is 11.3 Å². The molecule has 1 aliphatic rings. The van der Waals surface area contributed by atoms with Crippen LogP contribution in [0.5, 0.6) is 0 Å². The second-order valence-electron chi connectivity index (χ2n) is 6.83. The Morgan fingerprint density at radius 3 is 2.52 bits per heavy atom. The van der Waals surface area contributed by atoms with Crippen LogP contribution in [0.2, 0.25) is 0 Å². The van der Waals surface area contributed by atoms with Crippen molar-refractivity contribution >= 4 is 0 Å². The molecule has 1 atom stereocenters. The summed E-state index contributed by atoms with van der Waals surface area (Å²) in [6.45, 7) is 5.61. The van der Waals surface area contributed by atoms with E-state index < -0.39 is 0 Å². The quantitative estimate of drug-likeness (QED) is 0.840. The van der Waals surface area contributed by atoms with Gasteiger partial charge in [-0.25, -0.2) is 0 Å². The summed E-state index contributed by atoms with van der Waals surface area (Å²) in [7, 11) is 2.07. The lowest BCUT2D eigenvalue weighted by atomic mass is 10.0. The first-order valence-electron chi connectivity index (χ1n) is 9.02. The number of morpholine rings is 1. The summed E-state index contributed by atoms with van der Waals surface area (Å²) in [5.74, 6) is 0. The first-order chi connectivity index (χ1) is 12.2. The largest absolute Gasteiger partial charge is 0.390 e. The van der Waals surface area contributed by atoms with E-state index >= 15 is 0 Å². The fraction of sp³-hybridized carbons (Fsp3) is 0.429. The normalized spacial score (nSPS) is 16.9. The van der Waals surface area contributed by atoms with E-state index in [4.69, 9.17) is 4.74 Å². The van der Waals surface area contributed by atoms with Crippen LogP contribution in [0, 0.1) is 0 Å². The van der Waals surface area contributed by atoms with E-state index in [9.17, 15) is 5.11 Å². The molecule has 0 radical (unpaired) electrons. The fourth-order valence-electron chi connectivity index (χ4n) is 3.36. The zero-order valence-corrected chi connectivity index (χ0v) is 15.0. The molecule has 134 valence electrons. The number of β-amino-alcohol motifs (C(OH)–C–C–N with tert-alkyl or cyclic N) is 1. The lowest BCUT2D eigenvalue weighted by molar-refractivity contribution is 0.00825. The lowest BCUT2D eigenvalue weighted by Crippen LogP contribution is -2.43. The Morgan fingerprint density at radius 2 is 1.76 bits per heavy atom. The highest BCUT2D eigenvalue weighted by atomic mass is 16.5. The number of benzene rings is 2. The lowest BCUT2D eigenvalue weighted by Gasteiger charge is -2.30. The first-order valence-corrected chi connectivity index (χ1v) is 9.02. The molecule has 0 amide bonds. The molecule has 0 bridgehead atoms. The maximum atomic E-state index is 10.4. The average molecular weight is 340 g/mol. The molecule has 1 unspecified atom stereocenters. The van der Waals surface area contributed by atoms with Crippen LogP contribution in [0.15, 0.2) is 54.6 Å². The van der Waals surface area contributed by atoms with Gasteiger partial charge < -0.3 is 9.84 Å². The predicted octanol–water partition coefficient (Wildman–Crippen LogP) is 2.48. The number of ether oxygens (including phenoxy) is 1. The third-order valence-corrected chi connectivity index (χ3v) is 4.58. The molecular formula is C21H28N2O2. The molecule has 1 aliphatic heterocycles. The Kier molecular flexibility index (Phi) is 6.59. The number of rotatable bonds is 7. The molecule has 0 saturated carbocycles. The molecule has 1 saturated heterocycles. The molecule has 1 heterocycles. The summed E-state index contributed by atoms with van der Waals surface area (Å²) >= 11 is 0. The number of hydrogen-bond donors (Lipinski definition) is 1. The van der Waals surface area contributed by atoms with Gasteiger partial charge in [-0.15, -0.1) is 0 Å². The van der Waals surface area contributed by atoms with Gasteiger partial charge in [0.05, 0.1) is 19.3 Å². The summed E-state index contributed by atoms with van der Waals surface area (Å²) in [6.07, 6.45) is -0.333. The van der Waals surface area contributed by atoms with Crippen molar-refractivity contribution in [2.24, 2.45) is 0 Å². The van der Waals surface area contributed by atoms with Crippen molar-refractivity contribution in [2.45, 2.75) is 12.6 Å². The molecular weight excluding hydrogens is 312 g/mol. The molecule has 25 heavy (non-hydrogen) atoms. The highest BCUT2D eigenvalue weighted by molar-refractivity contribution is 5.63. The molecule has 0 aromatic heterocycles. The van der Waals surface area contributed by atoms with Gasteiger partial charge in [0.1, 0.15) is 0 Å². The van der Waals surface area contributed by atoms with Gasteiger partial charge in [-0.2, -0.15) is 0 Å². The number of aliphatic hydroxyl groups excluding tert-OH is 1. The summed E-state index contributed by atoms with van der Waals surface area (Å²) in [5.41, 5.74) is 3.74. The first kappa shape index (κ1) is 18.1. The Morgan fingerprint density at radius 1 is 1.04 bits per heavy atom. The SMILES string of the molecule is CN(Cc1cccc(-c2ccccc2)c1)CC(O)CN1CCOCC1. The van der Waals surface area contributed by atoms with Gasteiger partial charge in [-0.05, 0) is 29.8 Å². The van der Waals surface area contributed by atoms with Crippen LogP contribution in [0.3, 0.4) is 0 Å². The van der Waals surface area contributed by atoms with Crippen molar-refractivity contribution in [2.75, 3.05) is 46.4 Å². The van der Waals surface area contributed by atoms with Crippen molar-refractivity contribution in [3.05, 3.63) is 60.2 Å². The highest BCUT2D eigenvalue weighted by Gasteiger charge is 2.16. The van der Waals surface area contributed by atoms with Crippen molar-refractivity contribution in [1.29, 1.82) is 0 Å². The second kappa shape index (κ2) is 9.11. The summed E-state index contributed by atoms with van der Waals surface area (Å²) in [6, 6.07) is 19.1. The molecule has 3 rings (SSSR count). The molecule has 0 aliphatic carbocycles. The fourth-order valence-corrected chi connectivity index (χ4v) is 3.36. The van der Waals surface area contributed by atoms with E-state index in [1.807, 2.05) is 6.07 Å². The minimum absolute atomic E-state index is 0.333. The molecule has 1 N–H and O–H groups in total. The van der Waals surface area contributed by atoms with Crippen LogP contribution in [0.1, 0.15) is 5.56 Å². The van der Waals surface area contributed by atoms with Crippen LogP contribution < -0.4 is 0 Å². The zero-order chi connectivity index (χ0) is 17.5. The minimum Gasteiger partial charge on any atom is -0.390 e. The van der Waals surface area contributed by atoms with Gasteiger partial charge in [0.15, 0.2) is 0 Å². The summed E-state index contributed by atoms with van der Waals surface area (Å²) in [4.78, 5) is 4.47. The van der Waals surface area contributed by atoms with Gasteiger partial charge in [0.2, 0.25) is 0 Å². The number of aliphatic hydroxyl groups is 1. The third kappa shape index (κ3) is 5.65. The molecule has 2 aromatic rings. The van der Waals surface area contributed by atoms with Crippen molar-refractivity contribution in [3.8, 4) is 11.1 Å². The number of likely N-dealkylation sites (N-methyl/N-ethyl adjacent to an activating group) is 1. The molecule has 2 aromatic carbocycles. The zero-order valence-electron chi connectivity index (χ0n) is 15.0. The maximum Gasteiger partial charge on any atom is 0.0793 e. The smallest absolute Gasteiger partial charge is 0.0793 e. The second-order valence-corrected chi connectivity index (χ2v) is 6.83. The maximum absolute atomic E-state index is 10.4. The van der Waals surface area contributed by atoms with Crippen LogP contribution in [0.25, 0.3) is 11.1 Å². The Hall–Kier alpha value is -1.72. The Balaban J connectivity index is 1.53. The Labute approximate surface area is 150 Å². The van der Waals surface area contributed by atoms with Crippen molar-refractivity contribution in [1.82, 2.24) is 9.80 Å². The van der Waals surface area contributed by atoms with E-state index in [-0.39, 0.29) is 6.10 Å². The Bertz CT molecular complexity index is 641. The van der Waals surface area contributed by atoms with Gasteiger partial charge >= 0.3 is 0 Å². The highest BCUT2D eigenvalue weighted by Crippen LogP contribution is 2.20. The predicted molar refractivity (Wildman–Crippen MR) is 101 cm³/mol. The summed E-state index contributed by atoms with van der Waals surface area (Å²) in [5, 5.41) is 10.4. The van der Waals surface area contributed by atoms with Crippen molar-refractivity contribution < 1.29 is 9.84 Å². The monoisotopic (exact) mass is 340 g/mol. The standard InChI is InChI=1S/C21H28N2O2/c1-22(16-21(24)17-23-10-12-25-13-11-23)15-18-6-5-9-20(14-18)19-7-3-2-4-8-19/h2-9,14,21,24H,10-13,15-17H2,1H3. The number of nitrogens with zero attached hydrogens (tertiary/aromatic N) is 2. The van der Waals surface area contributed by atoms with E-state index in [1.165, 1.54) is 16.7 Å². The van der Waals surface area contributed by atoms with Crippen LogP contribution in [-0.4, -0.2) is 67.5 Å². The van der Waals surface area contributed by atoms with E-state index in [2.05, 4.69) is 65.4 Å². The minimum atomic E-state index is -0.333. The van der Waals surface area contributed by atoms with E-state index in [0.717, 1.165) is 39.4 Å². The number of hydrogen-bond acceptors (Lipinski definition) is 4. The molecule has 4 heteroatoms. The van der Waals surface area contributed by atoms with Crippen LogP contribution in [0.4, 0.5) is 0 Å². The molecule has 1 fully saturated rings. The molecule has 4 nitrogen and oxygen atoms in total. The average Bonchev–Trinajstić information content (AvgIpc) is 2.63. The summed E-state index contributed by atoms with van der Waals surface area (Å²) < 4.78 is 5.36. The topological polar surface area (TPSA) is 35.9 Å². The van der Waals surface area contributed by atoms with Gasteiger partial charge in [-0.3, -0.25) is 9.80 Å². The van der Waals surface area contributed by atoms with Crippen molar-refractivity contribution in [3.63, 3.8) is 0 Å². The van der Waals surface area contributed by atoms with Crippen LogP contribution >= 0.6 is 0 Å². The van der Waals surface area contributed by atoms with Gasteiger partial charge in [0.25, 0.3) is 0 Å². The van der Waals surface area contributed by atoms with E-state index in [0.29, 0.717) is 6.54 Å².